The molecule has 0 spiro atoms. The first-order chi connectivity index (χ1) is 12.0. The number of rotatable bonds is 7. The Morgan fingerprint density at radius 2 is 1.76 bits per heavy atom. The molecule has 6 heteroatoms. The highest BCUT2D eigenvalue weighted by Gasteiger charge is 2.18. The van der Waals surface area contributed by atoms with Crippen molar-refractivity contribution in [2.75, 3.05) is 6.54 Å². The molecule has 0 aromatic heterocycles. The van der Waals surface area contributed by atoms with Crippen LogP contribution < -0.4 is 10.6 Å². The molecule has 0 aliphatic carbocycles. The first-order valence-electron chi connectivity index (χ1n) is 7.98. The second-order valence-electron chi connectivity index (χ2n) is 5.74. The largest absolute Gasteiger partial charge is 0.387 e. The van der Waals surface area contributed by atoms with Crippen LogP contribution in [0.1, 0.15) is 36.6 Å². The summed E-state index contributed by atoms with van der Waals surface area (Å²) in [6.07, 6.45) is -0.963. The van der Waals surface area contributed by atoms with E-state index >= 15 is 0 Å². The van der Waals surface area contributed by atoms with Crippen LogP contribution in [0.2, 0.25) is 0 Å². The zero-order valence-electron chi connectivity index (χ0n) is 13.9. The van der Waals surface area contributed by atoms with Gasteiger partial charge in [0, 0.05) is 13.5 Å². The monoisotopic (exact) mass is 344 g/mol. The number of nitrogens with one attached hydrogen (secondary N) is 2. The van der Waals surface area contributed by atoms with E-state index in [2.05, 4.69) is 10.6 Å². The van der Waals surface area contributed by atoms with Crippen LogP contribution >= 0.6 is 0 Å². The average molecular weight is 344 g/mol. The third-order valence-electron chi connectivity index (χ3n) is 3.69. The molecule has 25 heavy (non-hydrogen) atoms. The van der Waals surface area contributed by atoms with E-state index in [4.69, 9.17) is 0 Å². The standard InChI is InChI=1S/C19H21FN2O3/c1-13(23)22-17(14-6-3-2-4-7-14)11-19(25)21-12-18(24)15-8-5-9-16(20)10-15/h2-10,17-18,24H,11-12H2,1H3,(H,21,25)(H,22,23). The summed E-state index contributed by atoms with van der Waals surface area (Å²) in [7, 11) is 0. The molecular weight excluding hydrogens is 323 g/mol. The topological polar surface area (TPSA) is 78.4 Å². The fourth-order valence-electron chi connectivity index (χ4n) is 2.48. The van der Waals surface area contributed by atoms with E-state index in [-0.39, 0.29) is 24.8 Å². The Labute approximate surface area is 145 Å². The molecule has 2 rings (SSSR count). The number of carbonyl (C=O) groups is 2. The maximum absolute atomic E-state index is 13.2. The summed E-state index contributed by atoms with van der Waals surface area (Å²) in [5, 5.41) is 15.4. The van der Waals surface area contributed by atoms with Gasteiger partial charge in [-0.1, -0.05) is 42.5 Å². The molecule has 0 saturated heterocycles. The summed E-state index contributed by atoms with van der Waals surface area (Å²) in [4.78, 5) is 23.5. The molecule has 0 aliphatic heterocycles. The molecule has 0 heterocycles. The lowest BCUT2D eigenvalue weighted by Crippen LogP contribution is -2.34. The summed E-state index contributed by atoms with van der Waals surface area (Å²) in [5.41, 5.74) is 1.21. The molecule has 0 aliphatic rings. The smallest absolute Gasteiger partial charge is 0.222 e. The van der Waals surface area contributed by atoms with Crippen LogP contribution in [0, 0.1) is 5.82 Å². The van der Waals surface area contributed by atoms with Gasteiger partial charge >= 0.3 is 0 Å². The molecule has 2 atom stereocenters. The Morgan fingerprint density at radius 1 is 1.08 bits per heavy atom. The van der Waals surface area contributed by atoms with E-state index in [9.17, 15) is 19.1 Å². The molecule has 2 aromatic rings. The highest BCUT2D eigenvalue weighted by atomic mass is 19.1. The van der Waals surface area contributed by atoms with Crippen molar-refractivity contribution in [2.45, 2.75) is 25.5 Å². The van der Waals surface area contributed by atoms with Crippen molar-refractivity contribution in [2.24, 2.45) is 0 Å². The van der Waals surface area contributed by atoms with E-state index < -0.39 is 18.0 Å². The van der Waals surface area contributed by atoms with E-state index in [0.717, 1.165) is 5.56 Å². The molecule has 5 nitrogen and oxygen atoms in total. The highest BCUT2D eigenvalue weighted by Crippen LogP contribution is 2.17. The molecule has 3 N–H and O–H groups in total. The average Bonchev–Trinajstić information content (AvgIpc) is 2.59. The van der Waals surface area contributed by atoms with Gasteiger partial charge in [-0.15, -0.1) is 0 Å². The third-order valence-corrected chi connectivity index (χ3v) is 3.69. The molecule has 0 radical (unpaired) electrons. The van der Waals surface area contributed by atoms with Crippen LogP contribution in [0.3, 0.4) is 0 Å². The number of carbonyl (C=O) groups excluding carboxylic acids is 2. The number of halogens is 1. The van der Waals surface area contributed by atoms with E-state index in [1.54, 1.807) is 6.07 Å². The van der Waals surface area contributed by atoms with Gasteiger partial charge in [0.15, 0.2) is 0 Å². The van der Waals surface area contributed by atoms with Gasteiger partial charge in [0.05, 0.1) is 18.6 Å². The van der Waals surface area contributed by atoms with Crippen LogP contribution in [0.25, 0.3) is 0 Å². The van der Waals surface area contributed by atoms with Crippen LogP contribution in [0.5, 0.6) is 0 Å². The quantitative estimate of drug-likeness (QED) is 0.721. The molecule has 0 saturated carbocycles. The van der Waals surface area contributed by atoms with Gasteiger partial charge < -0.3 is 15.7 Å². The molecule has 0 fully saturated rings. The molecule has 2 unspecified atom stereocenters. The summed E-state index contributed by atoms with van der Waals surface area (Å²) >= 11 is 0. The predicted octanol–water partition coefficient (Wildman–Crippen LogP) is 2.24. The molecular formula is C19H21FN2O3. The SMILES string of the molecule is CC(=O)NC(CC(=O)NCC(O)c1cccc(F)c1)c1ccccc1. The van der Waals surface area contributed by atoms with Crippen molar-refractivity contribution < 1.29 is 19.1 Å². The third kappa shape index (κ3) is 6.00. The Morgan fingerprint density at radius 3 is 2.40 bits per heavy atom. The van der Waals surface area contributed by atoms with Crippen molar-refractivity contribution in [3.8, 4) is 0 Å². The van der Waals surface area contributed by atoms with Crippen LogP contribution in [0.15, 0.2) is 54.6 Å². The van der Waals surface area contributed by atoms with Gasteiger partial charge in [-0.3, -0.25) is 9.59 Å². The van der Waals surface area contributed by atoms with Gasteiger partial charge in [0.2, 0.25) is 11.8 Å². The van der Waals surface area contributed by atoms with E-state index in [1.165, 1.54) is 25.1 Å². The minimum atomic E-state index is -1.00. The van der Waals surface area contributed by atoms with Crippen LogP contribution in [-0.2, 0) is 9.59 Å². The lowest BCUT2D eigenvalue weighted by Gasteiger charge is -2.19. The zero-order valence-corrected chi connectivity index (χ0v) is 13.9. The Hall–Kier alpha value is -2.73. The maximum Gasteiger partial charge on any atom is 0.222 e. The molecule has 132 valence electrons. The molecule has 0 bridgehead atoms. The second-order valence-corrected chi connectivity index (χ2v) is 5.74. The van der Waals surface area contributed by atoms with E-state index in [0.29, 0.717) is 5.56 Å². The maximum atomic E-state index is 13.2. The number of amides is 2. The van der Waals surface area contributed by atoms with Crippen molar-refractivity contribution in [1.82, 2.24) is 10.6 Å². The second kappa shape index (κ2) is 8.94. The summed E-state index contributed by atoms with van der Waals surface area (Å²) < 4.78 is 13.2. The van der Waals surface area contributed by atoms with Gasteiger partial charge in [0.1, 0.15) is 5.82 Å². The Kier molecular flexibility index (Phi) is 6.65. The van der Waals surface area contributed by atoms with Gasteiger partial charge in [-0.25, -0.2) is 4.39 Å². The van der Waals surface area contributed by atoms with Crippen molar-refractivity contribution in [3.63, 3.8) is 0 Å². The number of hydrogen-bond donors (Lipinski definition) is 3. The predicted molar refractivity (Wildman–Crippen MR) is 92.0 cm³/mol. The zero-order chi connectivity index (χ0) is 18.2. The summed E-state index contributed by atoms with van der Waals surface area (Å²) in [5.74, 6) is -1.00. The lowest BCUT2D eigenvalue weighted by molar-refractivity contribution is -0.123. The fourth-order valence-corrected chi connectivity index (χ4v) is 2.48. The molecule has 2 aromatic carbocycles. The van der Waals surface area contributed by atoms with Crippen LogP contribution in [0.4, 0.5) is 4.39 Å². The van der Waals surface area contributed by atoms with Gasteiger partial charge in [0.25, 0.3) is 0 Å². The number of benzene rings is 2. The van der Waals surface area contributed by atoms with E-state index in [1.807, 2.05) is 30.3 Å². The van der Waals surface area contributed by atoms with Crippen molar-refractivity contribution >= 4 is 11.8 Å². The summed E-state index contributed by atoms with van der Waals surface area (Å²) in [6.45, 7) is 1.35. The minimum absolute atomic E-state index is 0.0378. The van der Waals surface area contributed by atoms with Crippen molar-refractivity contribution in [1.29, 1.82) is 0 Å². The lowest BCUT2D eigenvalue weighted by atomic mass is 10.0. The first-order valence-corrected chi connectivity index (χ1v) is 7.98. The number of hydrogen-bond acceptors (Lipinski definition) is 3. The van der Waals surface area contributed by atoms with Crippen LogP contribution in [-0.4, -0.2) is 23.5 Å². The fraction of sp³-hybridized carbons (Fsp3) is 0.263. The minimum Gasteiger partial charge on any atom is -0.387 e. The normalized spacial score (nSPS) is 12.9. The Balaban J connectivity index is 1.93. The van der Waals surface area contributed by atoms with Gasteiger partial charge in [-0.05, 0) is 23.3 Å². The molecule has 2 amide bonds. The number of aliphatic hydroxyl groups excluding tert-OH is 1. The first kappa shape index (κ1) is 18.6. The Bertz CT molecular complexity index is 722. The summed E-state index contributed by atoms with van der Waals surface area (Å²) in [6, 6.07) is 14.3. The van der Waals surface area contributed by atoms with Crippen molar-refractivity contribution in [3.05, 3.63) is 71.5 Å². The van der Waals surface area contributed by atoms with Gasteiger partial charge in [-0.2, -0.15) is 0 Å². The highest BCUT2D eigenvalue weighted by molar-refractivity contribution is 5.79. The number of aliphatic hydroxyl groups is 1.